The number of carbonyl (C=O) groups excluding carboxylic acids is 2. The Hall–Kier alpha value is -3.69. The van der Waals surface area contributed by atoms with Gasteiger partial charge in [0.1, 0.15) is 5.69 Å². The lowest BCUT2D eigenvalue weighted by molar-refractivity contribution is -0.127. The topological polar surface area (TPSA) is 113 Å². The lowest BCUT2D eigenvalue weighted by atomic mass is 9.88. The molecule has 6 rings (SSSR count). The number of aromatic nitrogens is 3. The Morgan fingerprint density at radius 3 is 2.82 bits per heavy atom. The number of fused-ring (bicyclic) bond motifs is 1. The van der Waals surface area contributed by atoms with Crippen molar-refractivity contribution in [2.45, 2.75) is 37.3 Å². The first-order valence-electron chi connectivity index (χ1n) is 10.9. The molecule has 10 heteroatoms. The second kappa shape index (κ2) is 7.16. The maximum atomic E-state index is 14.3. The molecule has 1 saturated heterocycles. The maximum absolute atomic E-state index is 14.3. The van der Waals surface area contributed by atoms with E-state index in [0.29, 0.717) is 30.8 Å². The SMILES string of the molecule is COc1cc(-c2cc(C(=O)N3CC[C@H](C(=O)NC4c5cocc54)CC34CC4)[nH]n2)c(F)cn1. The number of nitrogens with zero attached hydrogens (tertiary/aromatic N) is 3. The number of halogens is 1. The van der Waals surface area contributed by atoms with Gasteiger partial charge >= 0.3 is 0 Å². The molecule has 3 aromatic rings. The fourth-order valence-electron chi connectivity index (χ4n) is 4.92. The number of ether oxygens (including phenoxy) is 1. The minimum absolute atomic E-state index is 0.0170. The first-order valence-corrected chi connectivity index (χ1v) is 10.9. The highest BCUT2D eigenvalue weighted by atomic mass is 19.1. The van der Waals surface area contributed by atoms with Gasteiger partial charge in [0, 0.05) is 40.8 Å². The minimum atomic E-state index is -0.551. The summed E-state index contributed by atoms with van der Waals surface area (Å²) in [5.74, 6) is -0.578. The van der Waals surface area contributed by atoms with E-state index < -0.39 is 5.82 Å². The molecule has 0 bridgehead atoms. The largest absolute Gasteiger partial charge is 0.481 e. The molecule has 2 N–H and O–H groups in total. The number of hydrogen-bond acceptors (Lipinski definition) is 6. The molecule has 2 amide bonds. The zero-order chi connectivity index (χ0) is 22.7. The van der Waals surface area contributed by atoms with Gasteiger partial charge in [-0.3, -0.25) is 14.7 Å². The number of rotatable bonds is 5. The Kier molecular flexibility index (Phi) is 4.33. The van der Waals surface area contributed by atoms with Crippen LogP contribution in [0.15, 0.2) is 35.3 Å². The average molecular weight is 451 g/mol. The van der Waals surface area contributed by atoms with Crippen molar-refractivity contribution < 1.29 is 23.1 Å². The number of furan rings is 1. The van der Waals surface area contributed by atoms with Crippen molar-refractivity contribution in [3.63, 3.8) is 0 Å². The van der Waals surface area contributed by atoms with E-state index in [0.717, 1.165) is 30.2 Å². The molecule has 33 heavy (non-hydrogen) atoms. The third-order valence-electron chi connectivity index (χ3n) is 7.02. The van der Waals surface area contributed by atoms with Crippen molar-refractivity contribution in [2.24, 2.45) is 5.92 Å². The molecule has 0 radical (unpaired) electrons. The van der Waals surface area contributed by atoms with Gasteiger partial charge in [-0.1, -0.05) is 0 Å². The van der Waals surface area contributed by atoms with Crippen molar-refractivity contribution in [2.75, 3.05) is 13.7 Å². The number of likely N-dealkylation sites (tertiary alicyclic amines) is 1. The highest BCUT2D eigenvalue weighted by Gasteiger charge is 2.55. The number of hydrogen-bond donors (Lipinski definition) is 2. The van der Waals surface area contributed by atoms with E-state index >= 15 is 0 Å². The van der Waals surface area contributed by atoms with Crippen molar-refractivity contribution in [3.05, 3.63) is 53.5 Å². The van der Waals surface area contributed by atoms with Crippen molar-refractivity contribution >= 4 is 11.8 Å². The second-order valence-electron chi connectivity index (χ2n) is 8.97. The van der Waals surface area contributed by atoms with Crippen LogP contribution in [0.25, 0.3) is 11.3 Å². The summed E-state index contributed by atoms with van der Waals surface area (Å²) < 4.78 is 24.4. The first kappa shape index (κ1) is 20.0. The van der Waals surface area contributed by atoms with E-state index in [2.05, 4.69) is 20.5 Å². The molecule has 1 saturated carbocycles. The number of pyridine rings is 1. The standard InChI is InChI=1S/C23H22FN5O4/c1-32-19-6-13(16(24)9-25-19)17-7-18(28-27-17)22(31)29-5-2-12(8-23(29)3-4-23)21(30)26-20-14-10-33-11-15(14)20/h6-7,9-12,20H,2-5,8H2,1H3,(H,26,30)(H,27,28)/t12-/m0/s1. The van der Waals surface area contributed by atoms with Crippen LogP contribution in [0.2, 0.25) is 0 Å². The fourth-order valence-corrected chi connectivity index (χ4v) is 4.92. The minimum Gasteiger partial charge on any atom is -0.481 e. The molecular weight excluding hydrogens is 429 g/mol. The third kappa shape index (κ3) is 3.28. The Balaban J connectivity index is 1.15. The summed E-state index contributed by atoms with van der Waals surface area (Å²) in [5, 5.41) is 9.96. The zero-order valence-corrected chi connectivity index (χ0v) is 17.9. The molecule has 2 aliphatic carbocycles. The van der Waals surface area contributed by atoms with Crippen LogP contribution in [-0.4, -0.2) is 51.1 Å². The third-order valence-corrected chi connectivity index (χ3v) is 7.02. The van der Waals surface area contributed by atoms with Crippen molar-refractivity contribution in [1.82, 2.24) is 25.4 Å². The molecule has 9 nitrogen and oxygen atoms in total. The molecule has 0 aromatic carbocycles. The van der Waals surface area contributed by atoms with Gasteiger partial charge in [0.05, 0.1) is 37.6 Å². The van der Waals surface area contributed by atoms with Gasteiger partial charge in [0.2, 0.25) is 11.8 Å². The van der Waals surface area contributed by atoms with Gasteiger partial charge in [0.15, 0.2) is 5.82 Å². The van der Waals surface area contributed by atoms with Gasteiger partial charge in [-0.05, 0) is 31.7 Å². The normalized spacial score (nSPS) is 20.4. The monoisotopic (exact) mass is 451 g/mol. The van der Waals surface area contributed by atoms with Gasteiger partial charge in [0.25, 0.3) is 5.91 Å². The second-order valence-corrected chi connectivity index (χ2v) is 8.97. The van der Waals surface area contributed by atoms with Gasteiger partial charge < -0.3 is 19.4 Å². The highest BCUT2D eigenvalue weighted by Crippen LogP contribution is 2.51. The molecule has 0 unspecified atom stereocenters. The average Bonchev–Trinajstić information content (AvgIpc) is 3.53. The maximum Gasteiger partial charge on any atom is 0.272 e. The number of amides is 2. The van der Waals surface area contributed by atoms with Crippen LogP contribution >= 0.6 is 0 Å². The Bertz CT molecular complexity index is 1240. The smallest absolute Gasteiger partial charge is 0.272 e. The van der Waals surface area contributed by atoms with Crippen LogP contribution in [-0.2, 0) is 4.79 Å². The Labute approximate surface area is 188 Å². The molecule has 170 valence electrons. The molecule has 1 atom stereocenters. The Morgan fingerprint density at radius 1 is 1.30 bits per heavy atom. The lowest BCUT2D eigenvalue weighted by Crippen LogP contribution is -2.50. The van der Waals surface area contributed by atoms with Crippen LogP contribution < -0.4 is 10.1 Å². The summed E-state index contributed by atoms with van der Waals surface area (Å²) in [5.41, 5.74) is 2.58. The summed E-state index contributed by atoms with van der Waals surface area (Å²) in [7, 11) is 1.45. The number of H-pyrrole nitrogens is 1. The molecule has 3 aliphatic rings. The summed E-state index contributed by atoms with van der Waals surface area (Å²) >= 11 is 0. The van der Waals surface area contributed by atoms with Gasteiger partial charge in [-0.25, -0.2) is 9.37 Å². The fraction of sp³-hybridized carbons (Fsp3) is 0.391. The Morgan fingerprint density at radius 2 is 2.09 bits per heavy atom. The van der Waals surface area contributed by atoms with Crippen LogP contribution in [0.4, 0.5) is 4.39 Å². The zero-order valence-electron chi connectivity index (χ0n) is 17.9. The highest BCUT2D eigenvalue weighted by molar-refractivity contribution is 5.94. The predicted molar refractivity (Wildman–Crippen MR) is 113 cm³/mol. The number of carbonyl (C=O) groups is 2. The lowest BCUT2D eigenvalue weighted by Gasteiger charge is -2.39. The van der Waals surface area contributed by atoms with Crippen molar-refractivity contribution in [1.29, 1.82) is 0 Å². The summed E-state index contributed by atoms with van der Waals surface area (Å²) in [6.45, 7) is 0.488. The quantitative estimate of drug-likeness (QED) is 0.617. The molecule has 4 heterocycles. The molecular formula is C23H22FN5O4. The van der Waals surface area contributed by atoms with Crippen LogP contribution in [0.5, 0.6) is 5.88 Å². The van der Waals surface area contributed by atoms with Gasteiger partial charge in [-0.15, -0.1) is 0 Å². The van der Waals surface area contributed by atoms with Crippen LogP contribution in [0, 0.1) is 11.7 Å². The summed E-state index contributed by atoms with van der Waals surface area (Å²) in [6, 6.07) is 2.97. The molecule has 2 fully saturated rings. The van der Waals surface area contributed by atoms with Crippen LogP contribution in [0.1, 0.15) is 53.3 Å². The van der Waals surface area contributed by atoms with E-state index in [1.807, 2.05) is 4.90 Å². The summed E-state index contributed by atoms with van der Waals surface area (Å²) in [6.07, 6.45) is 7.36. The van der Waals surface area contributed by atoms with E-state index in [4.69, 9.17) is 9.15 Å². The van der Waals surface area contributed by atoms with Crippen molar-refractivity contribution in [3.8, 4) is 17.1 Å². The van der Waals surface area contributed by atoms with Gasteiger partial charge in [-0.2, -0.15) is 5.10 Å². The number of methoxy groups -OCH3 is 1. The number of piperidine rings is 1. The number of aromatic amines is 1. The van der Waals surface area contributed by atoms with E-state index in [1.165, 1.54) is 13.2 Å². The van der Waals surface area contributed by atoms with E-state index in [-0.39, 0.29) is 40.8 Å². The summed E-state index contributed by atoms with van der Waals surface area (Å²) in [4.78, 5) is 31.8. The van der Waals surface area contributed by atoms with E-state index in [9.17, 15) is 14.0 Å². The number of nitrogens with one attached hydrogen (secondary N) is 2. The first-order chi connectivity index (χ1) is 16.0. The van der Waals surface area contributed by atoms with Crippen LogP contribution in [0.3, 0.4) is 0 Å². The molecule has 3 aromatic heterocycles. The molecule has 1 spiro atoms. The predicted octanol–water partition coefficient (Wildman–Crippen LogP) is 2.82. The molecule has 1 aliphatic heterocycles. The van der Waals surface area contributed by atoms with E-state index in [1.54, 1.807) is 18.6 Å².